The van der Waals surface area contributed by atoms with Crippen LogP contribution in [0.5, 0.6) is 0 Å². The first-order valence-corrected chi connectivity index (χ1v) is 10.4. The molecule has 0 aliphatic rings. The zero-order chi connectivity index (χ0) is 20.5. The Hall–Kier alpha value is -3.06. The second kappa shape index (κ2) is 10.5. The van der Waals surface area contributed by atoms with Crippen molar-refractivity contribution >= 4 is 23.2 Å². The van der Waals surface area contributed by atoms with Crippen molar-refractivity contribution in [3.8, 4) is 11.3 Å². The highest BCUT2D eigenvalue weighted by Crippen LogP contribution is 2.22. The Balaban J connectivity index is 1.44. The van der Waals surface area contributed by atoms with Crippen LogP contribution in [0.2, 0.25) is 0 Å². The maximum absolute atomic E-state index is 12.3. The lowest BCUT2D eigenvalue weighted by molar-refractivity contribution is -0.122. The number of carbonyl (C=O) groups excluding carboxylic acids is 2. The molecule has 6 nitrogen and oxygen atoms in total. The number of hydrogen-bond acceptors (Lipinski definition) is 5. The van der Waals surface area contributed by atoms with Gasteiger partial charge in [0.1, 0.15) is 0 Å². The second-order valence-corrected chi connectivity index (χ2v) is 7.63. The molecule has 0 aliphatic heterocycles. The van der Waals surface area contributed by atoms with E-state index in [0.717, 1.165) is 34.7 Å². The number of nitrogens with one attached hydrogen (secondary N) is 2. The summed E-state index contributed by atoms with van der Waals surface area (Å²) in [7, 11) is 0. The molecule has 1 unspecified atom stereocenters. The number of carbonyl (C=O) groups is 2. The van der Waals surface area contributed by atoms with Crippen LogP contribution in [-0.2, 0) is 16.0 Å². The number of pyridine rings is 1. The molecule has 2 aromatic heterocycles. The summed E-state index contributed by atoms with van der Waals surface area (Å²) in [6, 6.07) is 13.1. The topological polar surface area (TPSA) is 84.0 Å². The summed E-state index contributed by atoms with van der Waals surface area (Å²) in [5.74, 6) is -0.232. The van der Waals surface area contributed by atoms with Gasteiger partial charge in [0, 0.05) is 43.2 Å². The fourth-order valence-corrected chi connectivity index (χ4v) is 3.84. The molecule has 0 bridgehead atoms. The zero-order valence-corrected chi connectivity index (χ0v) is 17.1. The van der Waals surface area contributed by atoms with Crippen LogP contribution in [-0.4, -0.2) is 28.3 Å². The lowest BCUT2D eigenvalue weighted by Gasteiger charge is -2.18. The largest absolute Gasteiger partial charge is 0.356 e. The van der Waals surface area contributed by atoms with Gasteiger partial charge in [0.2, 0.25) is 11.8 Å². The van der Waals surface area contributed by atoms with Crippen LogP contribution in [0.25, 0.3) is 11.3 Å². The molecule has 7 heteroatoms. The standard InChI is InChI=1S/C22H24N4O2S/c1-16(27)25-19(17-6-3-2-4-7-17)14-21(28)24-11-5-8-22-26-20(15-29-22)18-9-12-23-13-10-18/h2-4,6-7,9-10,12-13,15,19H,5,8,11,14H2,1H3,(H,24,28)(H,25,27). The van der Waals surface area contributed by atoms with E-state index in [2.05, 4.69) is 20.6 Å². The first-order valence-electron chi connectivity index (χ1n) is 9.55. The van der Waals surface area contributed by atoms with E-state index in [1.54, 1.807) is 23.7 Å². The third-order valence-electron chi connectivity index (χ3n) is 4.39. The average Bonchev–Trinajstić information content (AvgIpc) is 3.21. The van der Waals surface area contributed by atoms with E-state index < -0.39 is 0 Å². The molecular formula is C22H24N4O2S. The maximum atomic E-state index is 12.3. The molecule has 2 amide bonds. The quantitative estimate of drug-likeness (QED) is 0.531. The van der Waals surface area contributed by atoms with Crippen LogP contribution >= 0.6 is 11.3 Å². The van der Waals surface area contributed by atoms with Crippen LogP contribution < -0.4 is 10.6 Å². The molecule has 29 heavy (non-hydrogen) atoms. The van der Waals surface area contributed by atoms with Crippen molar-refractivity contribution in [2.75, 3.05) is 6.54 Å². The van der Waals surface area contributed by atoms with E-state index in [-0.39, 0.29) is 24.3 Å². The van der Waals surface area contributed by atoms with E-state index in [4.69, 9.17) is 0 Å². The highest BCUT2D eigenvalue weighted by atomic mass is 32.1. The van der Waals surface area contributed by atoms with Gasteiger partial charge in [-0.15, -0.1) is 11.3 Å². The van der Waals surface area contributed by atoms with E-state index in [1.165, 1.54) is 6.92 Å². The first-order chi connectivity index (χ1) is 14.1. The molecule has 0 spiro atoms. The Morgan fingerprint density at radius 2 is 1.86 bits per heavy atom. The maximum Gasteiger partial charge on any atom is 0.222 e. The highest BCUT2D eigenvalue weighted by Gasteiger charge is 2.16. The Morgan fingerprint density at radius 1 is 1.10 bits per heavy atom. The molecule has 1 atom stereocenters. The summed E-state index contributed by atoms with van der Waals surface area (Å²) < 4.78 is 0. The van der Waals surface area contributed by atoms with Gasteiger partial charge in [0.15, 0.2) is 0 Å². The van der Waals surface area contributed by atoms with Crippen LogP contribution in [0.4, 0.5) is 0 Å². The van der Waals surface area contributed by atoms with Crippen LogP contribution in [0, 0.1) is 0 Å². The molecule has 1 aromatic carbocycles. The van der Waals surface area contributed by atoms with Gasteiger partial charge < -0.3 is 10.6 Å². The van der Waals surface area contributed by atoms with Gasteiger partial charge in [-0.05, 0) is 24.1 Å². The molecule has 0 saturated carbocycles. The van der Waals surface area contributed by atoms with Crippen molar-refractivity contribution in [1.29, 1.82) is 0 Å². The monoisotopic (exact) mass is 408 g/mol. The first kappa shape index (κ1) is 20.7. The zero-order valence-electron chi connectivity index (χ0n) is 16.3. The van der Waals surface area contributed by atoms with Crippen molar-refractivity contribution < 1.29 is 9.59 Å². The molecule has 0 fully saturated rings. The van der Waals surface area contributed by atoms with Gasteiger partial charge in [0.05, 0.1) is 23.2 Å². The number of nitrogens with zero attached hydrogens (tertiary/aromatic N) is 2. The average molecular weight is 409 g/mol. The predicted octanol–water partition coefficient (Wildman–Crippen LogP) is 3.52. The molecule has 2 heterocycles. The lowest BCUT2D eigenvalue weighted by Crippen LogP contribution is -2.33. The number of amides is 2. The lowest BCUT2D eigenvalue weighted by atomic mass is 10.0. The summed E-state index contributed by atoms with van der Waals surface area (Å²) in [5.41, 5.74) is 2.93. The highest BCUT2D eigenvalue weighted by molar-refractivity contribution is 7.09. The fraction of sp³-hybridized carbons (Fsp3) is 0.273. The van der Waals surface area contributed by atoms with Gasteiger partial charge in [-0.1, -0.05) is 30.3 Å². The minimum atomic E-state index is -0.324. The van der Waals surface area contributed by atoms with Gasteiger partial charge in [-0.3, -0.25) is 14.6 Å². The van der Waals surface area contributed by atoms with Gasteiger partial charge >= 0.3 is 0 Å². The summed E-state index contributed by atoms with van der Waals surface area (Å²) in [6.45, 7) is 2.03. The Bertz CT molecular complexity index is 928. The summed E-state index contributed by atoms with van der Waals surface area (Å²) in [6.07, 6.45) is 5.35. The smallest absolute Gasteiger partial charge is 0.222 e. The molecule has 0 saturated heterocycles. The third kappa shape index (κ3) is 6.50. The van der Waals surface area contributed by atoms with Crippen molar-refractivity contribution in [3.63, 3.8) is 0 Å². The van der Waals surface area contributed by atoms with Crippen molar-refractivity contribution in [2.24, 2.45) is 0 Å². The predicted molar refractivity (Wildman–Crippen MR) is 114 cm³/mol. The molecule has 3 aromatic rings. The number of rotatable bonds is 9. The van der Waals surface area contributed by atoms with Crippen molar-refractivity contribution in [3.05, 3.63) is 70.8 Å². The third-order valence-corrected chi connectivity index (χ3v) is 5.29. The van der Waals surface area contributed by atoms with Crippen LogP contribution in [0.15, 0.2) is 60.2 Å². The van der Waals surface area contributed by atoms with E-state index in [1.807, 2.05) is 47.8 Å². The molecular weight excluding hydrogens is 384 g/mol. The minimum Gasteiger partial charge on any atom is -0.356 e. The molecule has 0 radical (unpaired) electrons. The number of thiazole rings is 1. The van der Waals surface area contributed by atoms with Crippen LogP contribution in [0.1, 0.15) is 36.4 Å². The normalized spacial score (nSPS) is 11.6. The molecule has 150 valence electrons. The summed E-state index contributed by atoms with van der Waals surface area (Å²) in [4.78, 5) is 32.5. The minimum absolute atomic E-state index is 0.0794. The van der Waals surface area contributed by atoms with Crippen molar-refractivity contribution in [2.45, 2.75) is 32.2 Å². The van der Waals surface area contributed by atoms with E-state index >= 15 is 0 Å². The van der Waals surface area contributed by atoms with E-state index in [9.17, 15) is 9.59 Å². The number of benzene rings is 1. The van der Waals surface area contributed by atoms with Gasteiger partial charge in [-0.2, -0.15) is 0 Å². The van der Waals surface area contributed by atoms with Gasteiger partial charge in [0.25, 0.3) is 0 Å². The SMILES string of the molecule is CC(=O)NC(CC(=O)NCCCc1nc(-c2ccncc2)cs1)c1ccccc1. The number of hydrogen-bond donors (Lipinski definition) is 2. The molecule has 0 aliphatic carbocycles. The molecule has 3 rings (SSSR count). The van der Waals surface area contributed by atoms with Gasteiger partial charge in [-0.25, -0.2) is 4.98 Å². The molecule has 2 N–H and O–H groups in total. The number of aryl methyl sites for hydroxylation is 1. The van der Waals surface area contributed by atoms with Crippen LogP contribution in [0.3, 0.4) is 0 Å². The Morgan fingerprint density at radius 3 is 2.59 bits per heavy atom. The second-order valence-electron chi connectivity index (χ2n) is 6.68. The fourth-order valence-electron chi connectivity index (χ4n) is 2.99. The van der Waals surface area contributed by atoms with Crippen molar-refractivity contribution in [1.82, 2.24) is 20.6 Å². The Labute approximate surface area is 174 Å². The summed E-state index contributed by atoms with van der Waals surface area (Å²) >= 11 is 1.63. The Kier molecular flexibility index (Phi) is 7.47. The summed E-state index contributed by atoms with van der Waals surface area (Å²) in [5, 5.41) is 8.88. The van der Waals surface area contributed by atoms with E-state index in [0.29, 0.717) is 6.54 Å². The number of aromatic nitrogens is 2.